The summed E-state index contributed by atoms with van der Waals surface area (Å²) in [6.45, 7) is 12.8. The van der Waals surface area contributed by atoms with Gasteiger partial charge in [0.15, 0.2) is 0 Å². The number of hydrogen-bond donors (Lipinski definition) is 0. The van der Waals surface area contributed by atoms with E-state index in [0.29, 0.717) is 0 Å². The van der Waals surface area contributed by atoms with Crippen LogP contribution < -0.4 is 0 Å². The van der Waals surface area contributed by atoms with Crippen molar-refractivity contribution in [3.8, 4) is 0 Å². The molecule has 0 aromatic heterocycles. The maximum atomic E-state index is 4.13. The lowest BCUT2D eigenvalue weighted by molar-refractivity contribution is 0.390. The highest BCUT2D eigenvalue weighted by Gasteiger charge is 2.25. The summed E-state index contributed by atoms with van der Waals surface area (Å²) in [6, 6.07) is 0. The quantitative estimate of drug-likeness (QED) is 0.553. The smallest absolute Gasteiger partial charge is 0.0292 e. The summed E-state index contributed by atoms with van der Waals surface area (Å²) < 4.78 is 0. The summed E-state index contributed by atoms with van der Waals surface area (Å²) >= 11 is 0. The zero-order valence-corrected chi connectivity index (χ0v) is 9.81. The average Bonchev–Trinajstić information content (AvgIpc) is 2.42. The minimum atomic E-state index is 0.858. The van der Waals surface area contributed by atoms with E-state index in [4.69, 9.17) is 0 Å². The lowest BCUT2D eigenvalue weighted by Crippen LogP contribution is -2.03. The first kappa shape index (κ1) is 11.6. The molecule has 1 aliphatic rings. The van der Waals surface area contributed by atoms with E-state index in [9.17, 15) is 0 Å². The van der Waals surface area contributed by atoms with Crippen LogP contribution in [0.1, 0.15) is 52.4 Å². The van der Waals surface area contributed by atoms with Crippen molar-refractivity contribution in [3.05, 3.63) is 24.3 Å². The highest BCUT2D eigenvalue weighted by atomic mass is 14.3. The molecule has 0 radical (unpaired) electrons. The van der Waals surface area contributed by atoms with Gasteiger partial charge in [-0.25, -0.2) is 0 Å². The molecule has 0 heteroatoms. The molecule has 0 N–H and O–H groups in total. The highest BCUT2D eigenvalue weighted by molar-refractivity contribution is 5.06. The summed E-state index contributed by atoms with van der Waals surface area (Å²) in [4.78, 5) is 0. The summed E-state index contributed by atoms with van der Waals surface area (Å²) in [5.41, 5.74) is 2.90. The topological polar surface area (TPSA) is 0 Å². The van der Waals surface area contributed by atoms with E-state index in [-0.39, 0.29) is 0 Å². The molecule has 1 aliphatic carbocycles. The number of allylic oxidation sites excluding steroid dienone is 2. The molecule has 0 aromatic rings. The van der Waals surface area contributed by atoms with Crippen molar-refractivity contribution in [2.75, 3.05) is 0 Å². The van der Waals surface area contributed by atoms with E-state index >= 15 is 0 Å². The van der Waals surface area contributed by atoms with E-state index < -0.39 is 0 Å². The Hall–Kier alpha value is -0.520. The predicted molar refractivity (Wildman–Crippen MR) is 64.3 cm³/mol. The SMILES string of the molecule is C=C(CCC)CCC1CC(=C)CC1C. The Kier molecular flexibility index (Phi) is 4.44. The number of hydrogen-bond acceptors (Lipinski definition) is 0. The Bertz CT molecular complexity index is 212. The van der Waals surface area contributed by atoms with Gasteiger partial charge in [0, 0.05) is 0 Å². The Balaban J connectivity index is 2.24. The summed E-state index contributed by atoms with van der Waals surface area (Å²) in [6.07, 6.45) is 7.54. The fourth-order valence-corrected chi connectivity index (χ4v) is 2.53. The van der Waals surface area contributed by atoms with Crippen molar-refractivity contribution in [1.82, 2.24) is 0 Å². The summed E-state index contributed by atoms with van der Waals surface area (Å²) in [5, 5.41) is 0. The monoisotopic (exact) mass is 192 g/mol. The van der Waals surface area contributed by atoms with Gasteiger partial charge in [0.05, 0.1) is 0 Å². The van der Waals surface area contributed by atoms with Crippen molar-refractivity contribution in [2.45, 2.75) is 52.4 Å². The first-order valence-corrected chi connectivity index (χ1v) is 5.96. The van der Waals surface area contributed by atoms with Crippen molar-refractivity contribution >= 4 is 0 Å². The third kappa shape index (κ3) is 3.32. The van der Waals surface area contributed by atoms with Crippen LogP contribution in [0.4, 0.5) is 0 Å². The summed E-state index contributed by atoms with van der Waals surface area (Å²) in [7, 11) is 0. The van der Waals surface area contributed by atoms with Gasteiger partial charge in [0.2, 0.25) is 0 Å². The van der Waals surface area contributed by atoms with Crippen LogP contribution in [-0.4, -0.2) is 0 Å². The van der Waals surface area contributed by atoms with Crippen LogP contribution in [-0.2, 0) is 0 Å². The Morgan fingerprint density at radius 3 is 2.57 bits per heavy atom. The molecule has 2 unspecified atom stereocenters. The fourth-order valence-electron chi connectivity index (χ4n) is 2.53. The molecule has 1 fully saturated rings. The van der Waals surface area contributed by atoms with E-state index in [2.05, 4.69) is 27.0 Å². The minimum absolute atomic E-state index is 0.858. The first-order valence-electron chi connectivity index (χ1n) is 5.96. The van der Waals surface area contributed by atoms with Gasteiger partial charge in [-0.15, -0.1) is 0 Å². The van der Waals surface area contributed by atoms with Gasteiger partial charge in [0.1, 0.15) is 0 Å². The Labute approximate surface area is 89.1 Å². The lowest BCUT2D eigenvalue weighted by Gasteiger charge is -2.15. The molecule has 0 nitrogen and oxygen atoms in total. The standard InChI is InChI=1S/C14H24/c1-5-6-11(2)7-8-14-10-12(3)9-13(14)4/h13-14H,2-3,5-10H2,1,4H3. The first-order chi connectivity index (χ1) is 6.63. The van der Waals surface area contributed by atoms with E-state index in [1.165, 1.54) is 49.7 Å². The highest BCUT2D eigenvalue weighted by Crippen LogP contribution is 2.38. The molecule has 1 rings (SSSR count). The van der Waals surface area contributed by atoms with Crippen LogP contribution >= 0.6 is 0 Å². The van der Waals surface area contributed by atoms with Gasteiger partial charge in [-0.1, -0.05) is 44.6 Å². The molecule has 80 valence electrons. The van der Waals surface area contributed by atoms with Gasteiger partial charge in [-0.3, -0.25) is 0 Å². The predicted octanol–water partition coefficient (Wildman–Crippen LogP) is 4.73. The second kappa shape index (κ2) is 5.38. The van der Waals surface area contributed by atoms with Gasteiger partial charge in [-0.2, -0.15) is 0 Å². The molecule has 0 heterocycles. The minimum Gasteiger partial charge on any atom is -0.0999 e. The maximum Gasteiger partial charge on any atom is -0.0292 e. The third-order valence-electron chi connectivity index (χ3n) is 3.44. The molecule has 0 spiro atoms. The largest absolute Gasteiger partial charge is 0.0999 e. The second-order valence-electron chi connectivity index (χ2n) is 4.93. The zero-order valence-electron chi connectivity index (χ0n) is 9.81. The maximum absolute atomic E-state index is 4.13. The van der Waals surface area contributed by atoms with Gasteiger partial charge >= 0.3 is 0 Å². The molecule has 2 atom stereocenters. The molecule has 0 saturated heterocycles. The average molecular weight is 192 g/mol. The van der Waals surface area contributed by atoms with Gasteiger partial charge in [-0.05, 0) is 43.9 Å². The molecule has 14 heavy (non-hydrogen) atoms. The molecular formula is C14H24. The van der Waals surface area contributed by atoms with Gasteiger partial charge < -0.3 is 0 Å². The van der Waals surface area contributed by atoms with Gasteiger partial charge in [0.25, 0.3) is 0 Å². The van der Waals surface area contributed by atoms with Crippen molar-refractivity contribution in [2.24, 2.45) is 11.8 Å². The van der Waals surface area contributed by atoms with Crippen LogP contribution in [0.5, 0.6) is 0 Å². The Morgan fingerprint density at radius 1 is 1.36 bits per heavy atom. The van der Waals surface area contributed by atoms with Crippen LogP contribution in [0, 0.1) is 11.8 Å². The van der Waals surface area contributed by atoms with Crippen LogP contribution in [0.3, 0.4) is 0 Å². The molecule has 0 aromatic carbocycles. The molecule has 0 amide bonds. The molecule has 0 bridgehead atoms. The molecule has 1 saturated carbocycles. The van der Waals surface area contributed by atoms with Crippen LogP contribution in [0.15, 0.2) is 24.3 Å². The number of rotatable bonds is 5. The normalized spacial score (nSPS) is 26.9. The third-order valence-corrected chi connectivity index (χ3v) is 3.44. The van der Waals surface area contributed by atoms with Crippen molar-refractivity contribution in [1.29, 1.82) is 0 Å². The zero-order chi connectivity index (χ0) is 10.6. The lowest BCUT2D eigenvalue weighted by atomic mass is 9.91. The van der Waals surface area contributed by atoms with Crippen molar-refractivity contribution < 1.29 is 0 Å². The van der Waals surface area contributed by atoms with E-state index in [1.807, 2.05) is 0 Å². The summed E-state index contributed by atoms with van der Waals surface area (Å²) in [5.74, 6) is 1.74. The second-order valence-corrected chi connectivity index (χ2v) is 4.93. The van der Waals surface area contributed by atoms with Crippen molar-refractivity contribution in [3.63, 3.8) is 0 Å². The molecule has 0 aliphatic heterocycles. The molecular weight excluding hydrogens is 168 g/mol. The van der Waals surface area contributed by atoms with E-state index in [0.717, 1.165) is 11.8 Å². The van der Waals surface area contributed by atoms with E-state index in [1.54, 1.807) is 0 Å². The van der Waals surface area contributed by atoms with Crippen LogP contribution in [0.2, 0.25) is 0 Å². The fraction of sp³-hybridized carbons (Fsp3) is 0.714. The Morgan fingerprint density at radius 2 is 2.07 bits per heavy atom. The van der Waals surface area contributed by atoms with Crippen LogP contribution in [0.25, 0.3) is 0 Å².